The average molecular weight is 951 g/mol. The first-order valence-corrected chi connectivity index (χ1v) is 28.8. The quantitative estimate of drug-likeness (QED) is 0.0502. The maximum Gasteiger partial charge on any atom is 0.200 e. The van der Waals surface area contributed by atoms with E-state index in [9.17, 15) is 39.3 Å². The van der Waals surface area contributed by atoms with Crippen molar-refractivity contribution in [3.8, 4) is 0 Å². The fourth-order valence-corrected chi connectivity index (χ4v) is 10.9. The number of carbonyl (C=O) groups excluding carboxylic acids is 5. The molecule has 5 atom stereocenters. The first-order valence-electron chi connectivity index (χ1n) is 27.9. The Hall–Kier alpha value is -1.46. The number of Topliss-reactive ketones (excluding diaryl/α,β-unsaturated/α-hetero) is 4. The van der Waals surface area contributed by atoms with Gasteiger partial charge in [0.15, 0.2) is 33.7 Å². The molecule has 0 saturated carbocycles. The van der Waals surface area contributed by atoms with Crippen LogP contribution in [-0.2, 0) is 28.7 Å². The van der Waals surface area contributed by atoms with Gasteiger partial charge in [-0.2, -0.15) is 0 Å². The van der Waals surface area contributed by atoms with Crippen molar-refractivity contribution in [2.75, 3.05) is 0 Å². The van der Waals surface area contributed by atoms with E-state index in [1.807, 2.05) is 0 Å². The van der Waals surface area contributed by atoms with E-state index in [0.29, 0.717) is 56.7 Å². The molecule has 1 saturated heterocycles. The molecule has 66 heavy (non-hydrogen) atoms. The Balaban J connectivity index is 3.55. The van der Waals surface area contributed by atoms with E-state index in [1.165, 1.54) is 84.0 Å². The summed E-state index contributed by atoms with van der Waals surface area (Å²) >= 11 is 0.463. The van der Waals surface area contributed by atoms with Crippen molar-refractivity contribution in [2.24, 2.45) is 0 Å². The first-order chi connectivity index (χ1) is 31.8. The maximum absolute atomic E-state index is 14.9. The topological polar surface area (TPSA) is 155 Å². The van der Waals surface area contributed by atoms with Crippen molar-refractivity contribution in [3.05, 3.63) is 0 Å². The van der Waals surface area contributed by atoms with Gasteiger partial charge in [0.25, 0.3) is 0 Å². The number of ether oxygens (including phenoxy) is 1. The van der Waals surface area contributed by atoms with Gasteiger partial charge in [-0.1, -0.05) is 245 Å². The third kappa shape index (κ3) is 22.5. The van der Waals surface area contributed by atoms with Gasteiger partial charge in [-0.05, 0) is 25.7 Å². The molecule has 0 radical (unpaired) electrons. The van der Waals surface area contributed by atoms with Crippen molar-refractivity contribution < 1.29 is 44.0 Å². The molecule has 10 heteroatoms. The second-order valence-electron chi connectivity index (χ2n) is 20.1. The highest BCUT2D eigenvalue weighted by molar-refractivity contribution is 8.14. The Morgan fingerprint density at radius 1 is 0.394 bits per heavy atom. The monoisotopic (exact) mass is 951 g/mol. The number of hydrogen-bond acceptors (Lipinski definition) is 10. The van der Waals surface area contributed by atoms with E-state index in [-0.39, 0.29) is 31.5 Å². The number of unbranched alkanes of at least 4 members (excludes halogenated alkanes) is 32. The zero-order valence-corrected chi connectivity index (χ0v) is 44.2. The highest BCUT2D eigenvalue weighted by Gasteiger charge is 2.79. The standard InChI is InChI=1S/C56H102O9S/c1-6-10-14-18-22-26-30-34-38-42-48(58)46-52-54(62,49(59)43-39-35-31-27-23-19-15-11-7-2)56(64,51(61)45-41-37-33-29-25-21-17-13-9-4)55(63,53(65-52)66-47(5)57)50(60)44-40-36-32-28-24-20-16-12-8-3/h52-53,62-64H,6-46H2,1-5H3/t52-,53-,54+,55+,56+/m0/s1. The Bertz CT molecular complexity index is 1310. The van der Waals surface area contributed by atoms with Crippen LogP contribution in [0.2, 0.25) is 0 Å². The summed E-state index contributed by atoms with van der Waals surface area (Å²) in [7, 11) is 0. The molecular formula is C56H102O9S. The predicted octanol–water partition coefficient (Wildman–Crippen LogP) is 14.5. The molecule has 0 unspecified atom stereocenters. The molecule has 9 nitrogen and oxygen atoms in total. The zero-order chi connectivity index (χ0) is 48.9. The fourth-order valence-electron chi connectivity index (χ4n) is 9.93. The smallest absolute Gasteiger partial charge is 0.200 e. The Kier molecular flexibility index (Phi) is 36.3. The third-order valence-corrected chi connectivity index (χ3v) is 15.2. The molecule has 3 N–H and O–H groups in total. The summed E-state index contributed by atoms with van der Waals surface area (Å²) in [6.07, 6.45) is 32.6. The predicted molar refractivity (Wildman–Crippen MR) is 274 cm³/mol. The van der Waals surface area contributed by atoms with E-state index < -0.39 is 57.2 Å². The van der Waals surface area contributed by atoms with Gasteiger partial charge in [0.2, 0.25) is 5.60 Å². The van der Waals surface area contributed by atoms with Gasteiger partial charge in [0, 0.05) is 39.0 Å². The summed E-state index contributed by atoms with van der Waals surface area (Å²) in [5.41, 5.74) is -11.4. The van der Waals surface area contributed by atoms with Crippen molar-refractivity contribution in [2.45, 2.75) is 326 Å². The van der Waals surface area contributed by atoms with Gasteiger partial charge in [-0.15, -0.1) is 0 Å². The molecule has 0 bridgehead atoms. The summed E-state index contributed by atoms with van der Waals surface area (Å²) in [6, 6.07) is 0. The van der Waals surface area contributed by atoms with E-state index in [1.54, 1.807) is 0 Å². The Labute approximate surface area is 408 Å². The molecular weight excluding hydrogens is 849 g/mol. The third-order valence-electron chi connectivity index (χ3n) is 14.2. The van der Waals surface area contributed by atoms with Gasteiger partial charge in [0.05, 0.1) is 0 Å². The molecule has 0 aromatic carbocycles. The molecule has 386 valence electrons. The highest BCUT2D eigenvalue weighted by atomic mass is 32.2. The van der Waals surface area contributed by atoms with Crippen LogP contribution >= 0.6 is 11.8 Å². The van der Waals surface area contributed by atoms with Gasteiger partial charge in [-0.25, -0.2) is 0 Å². The van der Waals surface area contributed by atoms with Gasteiger partial charge in [-0.3, -0.25) is 24.0 Å². The number of rotatable bonds is 46. The van der Waals surface area contributed by atoms with Gasteiger partial charge >= 0.3 is 0 Å². The molecule has 0 aromatic heterocycles. The molecule has 1 heterocycles. The number of ketones is 4. The minimum absolute atomic E-state index is 0.148. The molecule has 1 rings (SSSR count). The normalized spacial score (nSPS) is 21.9. The summed E-state index contributed by atoms with van der Waals surface area (Å²) in [6.45, 7) is 9.98. The van der Waals surface area contributed by atoms with E-state index >= 15 is 0 Å². The minimum Gasteiger partial charge on any atom is -0.376 e. The van der Waals surface area contributed by atoms with Crippen LogP contribution in [0.3, 0.4) is 0 Å². The Morgan fingerprint density at radius 2 is 0.667 bits per heavy atom. The lowest BCUT2D eigenvalue weighted by molar-refractivity contribution is -0.304. The van der Waals surface area contributed by atoms with Crippen molar-refractivity contribution in [1.29, 1.82) is 0 Å². The first kappa shape index (κ1) is 62.6. The van der Waals surface area contributed by atoms with Crippen molar-refractivity contribution in [1.82, 2.24) is 0 Å². The van der Waals surface area contributed by atoms with Crippen molar-refractivity contribution >= 4 is 40.0 Å². The molecule has 0 amide bonds. The summed E-state index contributed by atoms with van der Waals surface area (Å²) in [4.78, 5) is 71.2. The van der Waals surface area contributed by atoms with Crippen molar-refractivity contribution in [3.63, 3.8) is 0 Å². The van der Waals surface area contributed by atoms with Crippen LogP contribution in [0.5, 0.6) is 0 Å². The lowest BCUT2D eigenvalue weighted by Gasteiger charge is -2.58. The zero-order valence-electron chi connectivity index (χ0n) is 43.3. The Morgan fingerprint density at radius 3 is 0.985 bits per heavy atom. The van der Waals surface area contributed by atoms with E-state index in [2.05, 4.69) is 27.7 Å². The summed E-state index contributed by atoms with van der Waals surface area (Å²) in [5, 5.41) is 38.7. The van der Waals surface area contributed by atoms with E-state index in [4.69, 9.17) is 4.74 Å². The van der Waals surface area contributed by atoms with Crippen LogP contribution in [0.1, 0.15) is 298 Å². The highest BCUT2D eigenvalue weighted by Crippen LogP contribution is 2.52. The van der Waals surface area contributed by atoms with Crippen LogP contribution in [0, 0.1) is 0 Å². The van der Waals surface area contributed by atoms with Crippen LogP contribution in [0.4, 0.5) is 0 Å². The molecule has 0 aromatic rings. The maximum atomic E-state index is 14.9. The van der Waals surface area contributed by atoms with E-state index in [0.717, 1.165) is 109 Å². The molecule has 1 aliphatic heterocycles. The molecule has 1 fully saturated rings. The lowest BCUT2D eigenvalue weighted by Crippen LogP contribution is -2.86. The minimum atomic E-state index is -3.36. The second-order valence-corrected chi connectivity index (χ2v) is 21.4. The van der Waals surface area contributed by atoms with Crippen LogP contribution in [-0.4, -0.2) is 71.9 Å². The van der Waals surface area contributed by atoms with Crippen LogP contribution < -0.4 is 0 Å². The number of carbonyl (C=O) groups is 5. The number of hydrogen-bond donors (Lipinski definition) is 3. The molecule has 0 spiro atoms. The molecule has 1 aliphatic rings. The number of thioether (sulfide) groups is 1. The van der Waals surface area contributed by atoms with Gasteiger partial charge < -0.3 is 20.1 Å². The van der Waals surface area contributed by atoms with Gasteiger partial charge in [0.1, 0.15) is 17.3 Å². The summed E-state index contributed by atoms with van der Waals surface area (Å²) in [5.74, 6) is -3.20. The fraction of sp³-hybridized carbons (Fsp3) is 0.911. The summed E-state index contributed by atoms with van der Waals surface area (Å²) < 4.78 is 6.33. The molecule has 0 aliphatic carbocycles. The van der Waals surface area contributed by atoms with Crippen LogP contribution in [0.15, 0.2) is 0 Å². The largest absolute Gasteiger partial charge is 0.376 e. The number of aliphatic hydroxyl groups is 3. The second kappa shape index (κ2) is 38.3. The van der Waals surface area contributed by atoms with Crippen LogP contribution in [0.25, 0.3) is 0 Å². The lowest BCUT2D eigenvalue weighted by atomic mass is 9.59. The average Bonchev–Trinajstić information content (AvgIpc) is 3.29. The SMILES string of the molecule is CCCCCCCCCCCC(=O)C[C@@H]1O[C@@H](SC(C)=O)[C@](O)(C(=O)CCCCCCCCCCC)[C@@](O)(C(=O)CCCCCCCCCCC)[C@@]1(O)C(=O)CCCCCCCCCCC.